The SMILES string of the molecule is CC(C)OCCCNC(=O)c1ccc(-c2c3cc(Cl)c(=O)cc-3oc3cc(O)c(Cl)cc23)cc1. The van der Waals surface area contributed by atoms with E-state index in [2.05, 4.69) is 5.32 Å². The van der Waals surface area contributed by atoms with Gasteiger partial charge < -0.3 is 19.6 Å². The second-order valence-corrected chi connectivity index (χ2v) is 8.98. The summed E-state index contributed by atoms with van der Waals surface area (Å²) in [5.41, 5.74) is 2.60. The van der Waals surface area contributed by atoms with Crippen molar-refractivity contribution in [2.75, 3.05) is 13.2 Å². The molecule has 8 heteroatoms. The van der Waals surface area contributed by atoms with Crippen LogP contribution in [0.3, 0.4) is 0 Å². The summed E-state index contributed by atoms with van der Waals surface area (Å²) in [7, 11) is 0. The summed E-state index contributed by atoms with van der Waals surface area (Å²) in [4.78, 5) is 24.6. The van der Waals surface area contributed by atoms with Crippen LogP contribution in [-0.2, 0) is 4.74 Å². The lowest BCUT2D eigenvalue weighted by molar-refractivity contribution is 0.0757. The normalized spacial score (nSPS) is 11.4. The lowest BCUT2D eigenvalue weighted by Crippen LogP contribution is -2.25. The number of benzene rings is 3. The number of rotatable bonds is 7. The Morgan fingerprint density at radius 3 is 2.53 bits per heavy atom. The molecule has 0 saturated carbocycles. The molecule has 34 heavy (non-hydrogen) atoms. The lowest BCUT2D eigenvalue weighted by Gasteiger charge is -2.16. The van der Waals surface area contributed by atoms with Crippen molar-refractivity contribution in [3.05, 3.63) is 74.4 Å². The van der Waals surface area contributed by atoms with Crippen molar-refractivity contribution in [1.82, 2.24) is 5.32 Å². The fraction of sp³-hybridized carbons (Fsp3) is 0.231. The molecule has 1 heterocycles. The zero-order valence-electron chi connectivity index (χ0n) is 18.7. The molecule has 0 spiro atoms. The minimum atomic E-state index is -0.368. The molecule has 0 atom stereocenters. The summed E-state index contributed by atoms with van der Waals surface area (Å²) in [6.45, 7) is 5.04. The monoisotopic (exact) mass is 499 g/mol. The lowest BCUT2D eigenvalue weighted by atomic mass is 9.93. The van der Waals surface area contributed by atoms with Crippen LogP contribution < -0.4 is 10.7 Å². The van der Waals surface area contributed by atoms with Gasteiger partial charge in [0.25, 0.3) is 5.91 Å². The van der Waals surface area contributed by atoms with E-state index in [1.54, 1.807) is 24.3 Å². The van der Waals surface area contributed by atoms with Crippen molar-refractivity contribution in [1.29, 1.82) is 0 Å². The van der Waals surface area contributed by atoms with Crippen molar-refractivity contribution in [3.8, 4) is 28.2 Å². The number of halogens is 2. The van der Waals surface area contributed by atoms with E-state index < -0.39 is 0 Å². The number of ether oxygens (including phenoxy) is 1. The molecule has 0 fully saturated rings. The molecule has 0 bridgehead atoms. The fourth-order valence-corrected chi connectivity index (χ4v) is 4.02. The van der Waals surface area contributed by atoms with E-state index in [-0.39, 0.29) is 33.2 Å². The highest BCUT2D eigenvalue weighted by molar-refractivity contribution is 6.33. The van der Waals surface area contributed by atoms with Crippen LogP contribution in [-0.4, -0.2) is 30.3 Å². The maximum atomic E-state index is 12.5. The zero-order chi connectivity index (χ0) is 24.4. The molecule has 2 aliphatic rings. The van der Waals surface area contributed by atoms with Gasteiger partial charge in [0.15, 0.2) is 0 Å². The molecule has 4 rings (SSSR count). The molecule has 176 valence electrons. The Morgan fingerprint density at radius 1 is 1.09 bits per heavy atom. The van der Waals surface area contributed by atoms with Crippen molar-refractivity contribution in [2.24, 2.45) is 0 Å². The molecule has 1 amide bonds. The minimum absolute atomic E-state index is 0.0608. The third-order valence-corrected chi connectivity index (χ3v) is 5.93. The standard InChI is InChI=1S/C26H23Cl2NO5/c1-14(2)33-9-3-8-29-26(32)16-6-4-15(5-7-16)25-17-10-19(27)21(30)12-23(17)34-24-13-22(31)20(28)11-18(24)25/h4-7,10-14,30H,3,8-9H2,1-2H3,(H,29,32). The Labute approximate surface area is 206 Å². The van der Waals surface area contributed by atoms with Crippen LogP contribution in [0.2, 0.25) is 10.0 Å². The predicted octanol–water partition coefficient (Wildman–Crippen LogP) is 6.12. The number of phenols is 1. The highest BCUT2D eigenvalue weighted by Gasteiger charge is 2.20. The number of hydrogen-bond acceptors (Lipinski definition) is 5. The van der Waals surface area contributed by atoms with Gasteiger partial charge in [-0.05, 0) is 50.1 Å². The van der Waals surface area contributed by atoms with Crippen molar-refractivity contribution < 1.29 is 19.1 Å². The summed E-state index contributed by atoms with van der Waals surface area (Å²) in [6.07, 6.45) is 0.888. The van der Waals surface area contributed by atoms with Crippen molar-refractivity contribution in [3.63, 3.8) is 0 Å². The van der Waals surface area contributed by atoms with Gasteiger partial charge in [-0.15, -0.1) is 0 Å². The van der Waals surface area contributed by atoms with Gasteiger partial charge in [0.1, 0.15) is 17.1 Å². The van der Waals surface area contributed by atoms with Crippen LogP contribution in [0, 0.1) is 0 Å². The molecule has 0 radical (unpaired) electrons. The molecular weight excluding hydrogens is 477 g/mol. The van der Waals surface area contributed by atoms with Gasteiger partial charge in [-0.25, -0.2) is 0 Å². The molecular formula is C26H23Cl2NO5. The average molecular weight is 500 g/mol. The Morgan fingerprint density at radius 2 is 1.82 bits per heavy atom. The number of hydrogen-bond donors (Lipinski definition) is 2. The van der Waals surface area contributed by atoms with Crippen LogP contribution in [0.4, 0.5) is 0 Å². The van der Waals surface area contributed by atoms with Gasteiger partial charge in [0.2, 0.25) is 5.43 Å². The van der Waals surface area contributed by atoms with E-state index in [0.29, 0.717) is 41.0 Å². The van der Waals surface area contributed by atoms with Gasteiger partial charge in [-0.1, -0.05) is 35.3 Å². The highest BCUT2D eigenvalue weighted by Crippen LogP contribution is 2.43. The Hall–Kier alpha value is -3.06. The first-order valence-electron chi connectivity index (χ1n) is 10.8. The summed E-state index contributed by atoms with van der Waals surface area (Å²) >= 11 is 12.3. The van der Waals surface area contributed by atoms with Gasteiger partial charge in [-0.3, -0.25) is 9.59 Å². The number of carbonyl (C=O) groups excluding carboxylic acids is 1. The van der Waals surface area contributed by atoms with Crippen LogP contribution in [0.5, 0.6) is 5.75 Å². The molecule has 2 aromatic rings. The number of amides is 1. The molecule has 6 nitrogen and oxygen atoms in total. The third kappa shape index (κ3) is 5.04. The van der Waals surface area contributed by atoms with Crippen LogP contribution in [0.1, 0.15) is 30.6 Å². The van der Waals surface area contributed by atoms with E-state index in [4.69, 9.17) is 32.4 Å². The van der Waals surface area contributed by atoms with Crippen molar-refractivity contribution >= 4 is 40.1 Å². The predicted molar refractivity (Wildman–Crippen MR) is 134 cm³/mol. The number of aromatic hydroxyl groups is 1. The van der Waals surface area contributed by atoms with E-state index in [1.807, 2.05) is 26.0 Å². The second kappa shape index (κ2) is 10.1. The quantitative estimate of drug-likeness (QED) is 0.236. The van der Waals surface area contributed by atoms with Crippen molar-refractivity contribution in [2.45, 2.75) is 26.4 Å². The van der Waals surface area contributed by atoms with E-state index >= 15 is 0 Å². The van der Waals surface area contributed by atoms with Gasteiger partial charge in [0, 0.05) is 47.4 Å². The molecule has 0 saturated heterocycles. The molecule has 1 aliphatic carbocycles. The van der Waals surface area contributed by atoms with Gasteiger partial charge >= 0.3 is 0 Å². The molecule has 1 aliphatic heterocycles. The Balaban J connectivity index is 1.70. The second-order valence-electron chi connectivity index (χ2n) is 8.16. The summed E-state index contributed by atoms with van der Waals surface area (Å²) < 4.78 is 11.4. The van der Waals surface area contributed by atoms with E-state index in [9.17, 15) is 14.7 Å². The summed E-state index contributed by atoms with van der Waals surface area (Å²) in [5, 5.41) is 13.8. The number of phenolic OH excluding ortho intramolecular Hbond substituents is 1. The van der Waals surface area contributed by atoms with Gasteiger partial charge in [-0.2, -0.15) is 0 Å². The highest BCUT2D eigenvalue weighted by atomic mass is 35.5. The van der Waals surface area contributed by atoms with Gasteiger partial charge in [0.05, 0.1) is 16.1 Å². The minimum Gasteiger partial charge on any atom is -0.506 e. The maximum absolute atomic E-state index is 12.5. The number of fused-ring (bicyclic) bond motifs is 2. The largest absolute Gasteiger partial charge is 0.506 e. The smallest absolute Gasteiger partial charge is 0.251 e. The Bertz CT molecular complexity index is 1380. The first kappa shape index (κ1) is 24.1. The van der Waals surface area contributed by atoms with Crippen LogP contribution in [0.25, 0.3) is 33.4 Å². The molecule has 2 N–H and O–H groups in total. The first-order valence-corrected chi connectivity index (χ1v) is 11.6. The van der Waals surface area contributed by atoms with E-state index in [0.717, 1.165) is 17.5 Å². The van der Waals surface area contributed by atoms with Crippen LogP contribution in [0.15, 0.2) is 57.7 Å². The first-order chi connectivity index (χ1) is 16.2. The van der Waals surface area contributed by atoms with E-state index in [1.165, 1.54) is 12.1 Å². The zero-order valence-corrected chi connectivity index (χ0v) is 20.2. The molecule has 0 unspecified atom stereocenters. The third-order valence-electron chi connectivity index (χ3n) is 5.34. The summed E-state index contributed by atoms with van der Waals surface area (Å²) in [6, 6.07) is 12.9. The number of carbonyl (C=O) groups is 1. The molecule has 0 aromatic heterocycles. The topological polar surface area (TPSA) is 88.8 Å². The fourth-order valence-electron chi connectivity index (χ4n) is 3.70. The Kier molecular flexibility index (Phi) is 7.12. The number of nitrogens with one attached hydrogen (secondary N) is 1. The summed E-state index contributed by atoms with van der Waals surface area (Å²) in [5.74, 6) is 0.00952. The molecule has 2 aromatic carbocycles. The average Bonchev–Trinajstić information content (AvgIpc) is 2.79. The van der Waals surface area contributed by atoms with Crippen LogP contribution >= 0.6 is 23.2 Å². The maximum Gasteiger partial charge on any atom is 0.251 e.